The number of benzene rings is 2. The second-order valence-electron chi connectivity index (χ2n) is 13.6. The molecule has 51 heavy (non-hydrogen) atoms. The molecule has 0 bridgehead atoms. The van der Waals surface area contributed by atoms with Gasteiger partial charge in [-0.2, -0.15) is 39.5 Å². The summed E-state index contributed by atoms with van der Waals surface area (Å²) in [4.78, 5) is 13.9. The topological polar surface area (TPSA) is 32.3 Å². The number of aryl methyl sites for hydroxylation is 3. The smallest absolute Gasteiger partial charge is 0.293 e. The molecule has 0 spiro atoms. The number of hydrogen-bond acceptors (Lipinski definition) is 4. The van der Waals surface area contributed by atoms with Gasteiger partial charge in [-0.15, -0.1) is 0 Å². The molecule has 0 amide bonds. The van der Waals surface area contributed by atoms with Crippen molar-refractivity contribution in [3.63, 3.8) is 0 Å². The van der Waals surface area contributed by atoms with Crippen LogP contribution in [0.2, 0.25) is 0 Å². The van der Waals surface area contributed by atoms with E-state index < -0.39 is 35.2 Å². The van der Waals surface area contributed by atoms with Gasteiger partial charge in [0.05, 0.1) is 28.1 Å². The van der Waals surface area contributed by atoms with Gasteiger partial charge in [0.15, 0.2) is 0 Å². The molecule has 2 saturated heterocycles. The summed E-state index contributed by atoms with van der Waals surface area (Å²) in [6, 6.07) is 10.6. The SMILES string of the molecule is Cc1cc(C(F)(F)F)cc(C)c1-c1ccc(CN2CCC[C@@H]2[C@H]2CCCN2Cc2ccc(-c3c(C)cc(C(F)(F)F)cc3C(F)(F)F)cn2)nc1. The molecule has 2 fully saturated rings. The molecule has 0 N–H and O–H groups in total. The molecule has 0 radical (unpaired) electrons. The minimum absolute atomic E-state index is 0.0967. The number of likely N-dealkylation sites (tertiary alicyclic amines) is 2. The first-order valence-electron chi connectivity index (χ1n) is 16.8. The van der Waals surface area contributed by atoms with E-state index in [1.807, 2.05) is 12.1 Å². The number of pyridine rings is 2. The van der Waals surface area contributed by atoms with Gasteiger partial charge in [-0.25, -0.2) is 0 Å². The molecule has 13 heteroatoms. The Morgan fingerprint density at radius 1 is 0.569 bits per heavy atom. The maximum atomic E-state index is 13.9. The molecule has 0 aliphatic carbocycles. The van der Waals surface area contributed by atoms with Gasteiger partial charge in [0.1, 0.15) is 0 Å². The number of aromatic nitrogens is 2. The zero-order valence-corrected chi connectivity index (χ0v) is 28.3. The molecule has 0 saturated carbocycles. The standard InChI is InChI=1S/C38H37F9N4/c1-22-14-27(36(39,40)41)15-23(2)34(22)25-8-10-29(48-18-25)20-50-12-4-6-32(50)33-7-5-13-51(33)21-30-11-9-26(19-49-30)35-24(3)16-28(37(42,43)44)17-31(35)38(45,46)47/h8-11,14-19,32-33H,4-7,12-13,20-21H2,1-3H3/t32-,33-/m1/s1. The molecule has 0 unspecified atom stereocenters. The Bertz CT molecular complexity index is 1840. The van der Waals surface area contributed by atoms with Crippen LogP contribution < -0.4 is 0 Å². The Balaban J connectivity index is 1.15. The summed E-state index contributed by atoms with van der Waals surface area (Å²) in [5.41, 5.74) is 0.326. The number of alkyl halides is 9. The van der Waals surface area contributed by atoms with Crippen LogP contribution in [0, 0.1) is 20.8 Å². The predicted molar refractivity (Wildman–Crippen MR) is 175 cm³/mol. The van der Waals surface area contributed by atoms with Gasteiger partial charge in [-0.05, 0) is 124 Å². The third kappa shape index (κ3) is 7.94. The summed E-state index contributed by atoms with van der Waals surface area (Å²) < 4.78 is 122. The Labute approximate surface area is 290 Å². The van der Waals surface area contributed by atoms with E-state index in [-0.39, 0.29) is 34.8 Å². The van der Waals surface area contributed by atoms with E-state index in [1.165, 1.54) is 19.2 Å². The monoisotopic (exact) mass is 720 g/mol. The maximum absolute atomic E-state index is 13.9. The van der Waals surface area contributed by atoms with Crippen LogP contribution in [-0.2, 0) is 31.6 Å². The quantitative estimate of drug-likeness (QED) is 0.178. The normalized spacial score (nSPS) is 19.3. The summed E-state index contributed by atoms with van der Waals surface area (Å²) in [7, 11) is 0. The third-order valence-electron chi connectivity index (χ3n) is 10.1. The van der Waals surface area contributed by atoms with Gasteiger partial charge < -0.3 is 0 Å². The van der Waals surface area contributed by atoms with E-state index in [2.05, 4.69) is 19.8 Å². The van der Waals surface area contributed by atoms with Gasteiger partial charge in [0.25, 0.3) is 0 Å². The Kier molecular flexibility index (Phi) is 10.0. The van der Waals surface area contributed by atoms with Crippen molar-refractivity contribution in [3.8, 4) is 22.3 Å². The molecule has 2 aromatic heterocycles. The first-order chi connectivity index (χ1) is 23.9. The Morgan fingerprint density at radius 2 is 0.980 bits per heavy atom. The second kappa shape index (κ2) is 13.9. The highest BCUT2D eigenvalue weighted by Gasteiger charge is 2.40. The van der Waals surface area contributed by atoms with Gasteiger partial charge in [-0.3, -0.25) is 19.8 Å². The van der Waals surface area contributed by atoms with Crippen LogP contribution in [0.1, 0.15) is 70.5 Å². The van der Waals surface area contributed by atoms with Crippen molar-refractivity contribution in [1.82, 2.24) is 19.8 Å². The van der Waals surface area contributed by atoms with Crippen molar-refractivity contribution in [3.05, 3.63) is 106 Å². The highest BCUT2D eigenvalue weighted by Crippen LogP contribution is 2.43. The third-order valence-corrected chi connectivity index (χ3v) is 10.1. The van der Waals surface area contributed by atoms with Crippen LogP contribution in [0.15, 0.2) is 60.9 Å². The van der Waals surface area contributed by atoms with Crippen LogP contribution in [0.25, 0.3) is 22.3 Å². The van der Waals surface area contributed by atoms with Crippen molar-refractivity contribution in [2.45, 2.75) is 90.2 Å². The lowest BCUT2D eigenvalue weighted by Crippen LogP contribution is -2.45. The van der Waals surface area contributed by atoms with Gasteiger partial charge in [0, 0.05) is 48.7 Å². The van der Waals surface area contributed by atoms with Gasteiger partial charge >= 0.3 is 18.5 Å². The minimum Gasteiger partial charge on any atom is -0.293 e. The van der Waals surface area contributed by atoms with Crippen LogP contribution in [0.4, 0.5) is 39.5 Å². The summed E-state index contributed by atoms with van der Waals surface area (Å²) in [6.45, 7) is 7.38. The largest absolute Gasteiger partial charge is 0.417 e. The van der Waals surface area contributed by atoms with E-state index in [0.29, 0.717) is 29.9 Å². The Hall–Kier alpha value is -3.97. The van der Waals surface area contributed by atoms with Crippen LogP contribution in [-0.4, -0.2) is 44.9 Å². The average Bonchev–Trinajstić information content (AvgIpc) is 3.69. The number of rotatable bonds is 7. The fourth-order valence-electron chi connectivity index (χ4n) is 7.86. The van der Waals surface area contributed by atoms with Crippen molar-refractivity contribution in [2.24, 2.45) is 0 Å². The van der Waals surface area contributed by atoms with Crippen molar-refractivity contribution in [2.75, 3.05) is 13.1 Å². The van der Waals surface area contributed by atoms with Gasteiger partial charge in [0.2, 0.25) is 0 Å². The summed E-state index contributed by atoms with van der Waals surface area (Å²) in [6.07, 6.45) is -7.35. The van der Waals surface area contributed by atoms with Gasteiger partial charge in [-0.1, -0.05) is 12.1 Å². The molecule has 2 aliphatic rings. The van der Waals surface area contributed by atoms with Crippen LogP contribution >= 0.6 is 0 Å². The molecule has 6 rings (SSSR count). The molecule has 4 aromatic rings. The highest BCUT2D eigenvalue weighted by molar-refractivity contribution is 5.72. The Morgan fingerprint density at radius 3 is 1.37 bits per heavy atom. The second-order valence-corrected chi connectivity index (χ2v) is 13.6. The number of nitrogens with zero attached hydrogens (tertiary/aromatic N) is 4. The van der Waals surface area contributed by atoms with Crippen molar-refractivity contribution < 1.29 is 39.5 Å². The fraction of sp³-hybridized carbons (Fsp3) is 0.421. The molecule has 2 aromatic carbocycles. The van der Waals surface area contributed by atoms with E-state index in [1.54, 1.807) is 26.1 Å². The van der Waals surface area contributed by atoms with Crippen molar-refractivity contribution in [1.29, 1.82) is 0 Å². The summed E-state index contributed by atoms with van der Waals surface area (Å²) in [5, 5.41) is 0. The molecule has 272 valence electrons. The first-order valence-corrected chi connectivity index (χ1v) is 16.8. The molecular formula is C38H37F9N4. The van der Waals surface area contributed by atoms with E-state index >= 15 is 0 Å². The van der Waals surface area contributed by atoms with Crippen LogP contribution in [0.5, 0.6) is 0 Å². The molecule has 4 heterocycles. The average molecular weight is 721 g/mol. The zero-order valence-electron chi connectivity index (χ0n) is 28.3. The molecule has 2 aliphatic heterocycles. The molecular weight excluding hydrogens is 683 g/mol. The van der Waals surface area contributed by atoms with E-state index in [0.717, 1.165) is 73.8 Å². The number of halogens is 9. The summed E-state index contributed by atoms with van der Waals surface area (Å²) >= 11 is 0. The van der Waals surface area contributed by atoms with E-state index in [9.17, 15) is 39.5 Å². The molecule has 4 nitrogen and oxygen atoms in total. The lowest BCUT2D eigenvalue weighted by molar-refractivity contribution is -0.143. The maximum Gasteiger partial charge on any atom is 0.417 e. The van der Waals surface area contributed by atoms with E-state index in [4.69, 9.17) is 0 Å². The lowest BCUT2D eigenvalue weighted by atomic mass is 9.93. The predicted octanol–water partition coefficient (Wildman–Crippen LogP) is 10.4. The minimum atomic E-state index is -4.99. The molecule has 2 atom stereocenters. The number of hydrogen-bond donors (Lipinski definition) is 0. The lowest BCUT2D eigenvalue weighted by Gasteiger charge is -2.35. The highest BCUT2D eigenvalue weighted by atomic mass is 19.4. The first kappa shape index (κ1) is 36.8. The van der Waals surface area contributed by atoms with Crippen molar-refractivity contribution >= 4 is 0 Å². The summed E-state index contributed by atoms with van der Waals surface area (Å²) in [5.74, 6) is 0. The zero-order chi connectivity index (χ0) is 36.9. The van der Waals surface area contributed by atoms with Crippen LogP contribution in [0.3, 0.4) is 0 Å². The fourth-order valence-corrected chi connectivity index (χ4v) is 7.86.